The van der Waals surface area contributed by atoms with Crippen LogP contribution >= 0.6 is 0 Å². The lowest BCUT2D eigenvalue weighted by Crippen LogP contribution is -2.45. The van der Waals surface area contributed by atoms with Crippen LogP contribution < -0.4 is 15.5 Å². The highest BCUT2D eigenvalue weighted by molar-refractivity contribution is 5.68. The lowest BCUT2D eigenvalue weighted by atomic mass is 10.1. The fraction of sp³-hybridized carbons (Fsp3) is 0.500. The third-order valence-corrected chi connectivity index (χ3v) is 4.56. The first kappa shape index (κ1) is 18.7. The van der Waals surface area contributed by atoms with Gasteiger partial charge >= 0.3 is 0 Å². The number of benzene rings is 1. The molecule has 0 bridgehead atoms. The predicted octanol–water partition coefficient (Wildman–Crippen LogP) is 2.44. The molecule has 1 aromatic rings. The van der Waals surface area contributed by atoms with Gasteiger partial charge in [-0.1, -0.05) is 13.8 Å². The van der Waals surface area contributed by atoms with Gasteiger partial charge in [0.15, 0.2) is 11.6 Å². The second-order valence-electron chi connectivity index (χ2n) is 7.30. The summed E-state index contributed by atoms with van der Waals surface area (Å²) in [4.78, 5) is 2.45. The molecule has 0 amide bonds. The molecular weight excluding hydrogens is 331 g/mol. The van der Waals surface area contributed by atoms with E-state index in [1.165, 1.54) is 18.7 Å². The number of hydrazine groups is 1. The highest BCUT2D eigenvalue weighted by atomic mass is 19.1. The molecule has 0 spiro atoms. The Bertz CT molecular complexity index is 680. The normalized spacial score (nSPS) is 18.4. The molecule has 6 heteroatoms. The Morgan fingerprint density at radius 3 is 2.65 bits per heavy atom. The van der Waals surface area contributed by atoms with E-state index in [1.54, 1.807) is 6.07 Å². The Morgan fingerprint density at radius 2 is 2.00 bits per heavy atom. The molecular formula is C20H29FN4O. The van der Waals surface area contributed by atoms with Crippen LogP contribution in [-0.4, -0.2) is 56.3 Å². The first-order valence-electron chi connectivity index (χ1n) is 9.28. The molecule has 142 valence electrons. The number of rotatable bonds is 6. The van der Waals surface area contributed by atoms with E-state index in [0.717, 1.165) is 50.5 Å². The summed E-state index contributed by atoms with van der Waals surface area (Å²) in [5, 5.41) is 5.50. The summed E-state index contributed by atoms with van der Waals surface area (Å²) >= 11 is 0. The SMILES string of the molecule is COc1ccc(C2=CC(CN3CCNCC3)=CN(CC(C)C)N2)cc1F. The Hall–Kier alpha value is -2.05. The summed E-state index contributed by atoms with van der Waals surface area (Å²) in [5.74, 6) is 0.438. The molecule has 5 nitrogen and oxygen atoms in total. The molecule has 3 rings (SSSR count). The van der Waals surface area contributed by atoms with Crippen molar-refractivity contribution in [3.63, 3.8) is 0 Å². The van der Waals surface area contributed by atoms with Gasteiger partial charge in [0.2, 0.25) is 0 Å². The van der Waals surface area contributed by atoms with Gasteiger partial charge in [0.25, 0.3) is 0 Å². The van der Waals surface area contributed by atoms with Crippen molar-refractivity contribution in [2.24, 2.45) is 5.92 Å². The van der Waals surface area contributed by atoms with Crippen molar-refractivity contribution in [3.05, 3.63) is 47.4 Å². The minimum Gasteiger partial charge on any atom is -0.494 e. The maximum atomic E-state index is 14.2. The zero-order valence-corrected chi connectivity index (χ0v) is 15.9. The molecule has 26 heavy (non-hydrogen) atoms. The van der Waals surface area contributed by atoms with Crippen LogP contribution in [0.1, 0.15) is 19.4 Å². The lowest BCUT2D eigenvalue weighted by Gasteiger charge is -2.33. The standard InChI is InChI=1S/C20H29FN4O/c1-15(2)12-25-14-16(13-24-8-6-22-7-9-24)10-19(23-25)17-4-5-20(26-3)18(21)11-17/h4-5,10-11,14-15,22-23H,6-9,12-13H2,1-3H3. The second kappa shape index (κ2) is 8.56. The minimum absolute atomic E-state index is 0.265. The highest BCUT2D eigenvalue weighted by Crippen LogP contribution is 2.25. The summed E-state index contributed by atoms with van der Waals surface area (Å²) in [6.45, 7) is 10.3. The van der Waals surface area contributed by atoms with E-state index in [4.69, 9.17) is 4.74 Å². The van der Waals surface area contributed by atoms with Gasteiger partial charge in [-0.15, -0.1) is 0 Å². The number of piperazine rings is 1. The van der Waals surface area contributed by atoms with Crippen molar-refractivity contribution in [3.8, 4) is 5.75 Å². The van der Waals surface area contributed by atoms with Crippen LogP contribution in [0.2, 0.25) is 0 Å². The van der Waals surface area contributed by atoms with E-state index in [2.05, 4.69) is 46.8 Å². The number of methoxy groups -OCH3 is 1. The van der Waals surface area contributed by atoms with Gasteiger partial charge in [0.1, 0.15) is 0 Å². The maximum Gasteiger partial charge on any atom is 0.165 e. The first-order chi connectivity index (χ1) is 12.5. The van der Waals surface area contributed by atoms with Gasteiger partial charge in [0, 0.05) is 51.0 Å². The molecule has 2 aliphatic heterocycles. The molecule has 0 aromatic heterocycles. The highest BCUT2D eigenvalue weighted by Gasteiger charge is 2.18. The van der Waals surface area contributed by atoms with E-state index < -0.39 is 0 Å². The monoisotopic (exact) mass is 360 g/mol. The number of halogens is 1. The summed E-state index contributed by atoms with van der Waals surface area (Å²) in [7, 11) is 1.48. The average Bonchev–Trinajstić information content (AvgIpc) is 2.61. The van der Waals surface area contributed by atoms with E-state index in [1.807, 2.05) is 6.07 Å². The molecule has 1 fully saturated rings. The van der Waals surface area contributed by atoms with Crippen molar-refractivity contribution in [1.29, 1.82) is 0 Å². The van der Waals surface area contributed by atoms with Crippen LogP contribution in [0.15, 0.2) is 36.0 Å². The smallest absolute Gasteiger partial charge is 0.165 e. The zero-order chi connectivity index (χ0) is 18.5. The van der Waals surface area contributed by atoms with Crippen molar-refractivity contribution >= 4 is 5.70 Å². The van der Waals surface area contributed by atoms with Crippen LogP contribution in [0.4, 0.5) is 4.39 Å². The van der Waals surface area contributed by atoms with Crippen LogP contribution in [-0.2, 0) is 0 Å². The Morgan fingerprint density at radius 1 is 1.23 bits per heavy atom. The van der Waals surface area contributed by atoms with Crippen molar-refractivity contribution in [2.45, 2.75) is 13.8 Å². The van der Waals surface area contributed by atoms with E-state index in [-0.39, 0.29) is 11.6 Å². The molecule has 1 aromatic carbocycles. The van der Waals surface area contributed by atoms with Crippen LogP contribution in [0.3, 0.4) is 0 Å². The van der Waals surface area contributed by atoms with Gasteiger partial charge in [-0.05, 0) is 35.8 Å². The van der Waals surface area contributed by atoms with E-state index in [9.17, 15) is 4.39 Å². The van der Waals surface area contributed by atoms with Crippen LogP contribution in [0.5, 0.6) is 5.75 Å². The third kappa shape index (κ3) is 4.77. The number of hydrogen-bond acceptors (Lipinski definition) is 5. The Labute approximate surface area is 155 Å². The number of hydrogen-bond donors (Lipinski definition) is 2. The lowest BCUT2D eigenvalue weighted by molar-refractivity contribution is 0.250. The van der Waals surface area contributed by atoms with Crippen molar-refractivity contribution < 1.29 is 9.13 Å². The van der Waals surface area contributed by atoms with Gasteiger partial charge in [-0.2, -0.15) is 0 Å². The molecule has 0 radical (unpaired) electrons. The summed E-state index contributed by atoms with van der Waals surface area (Å²) in [5.41, 5.74) is 6.39. The minimum atomic E-state index is -0.346. The largest absolute Gasteiger partial charge is 0.494 e. The summed E-state index contributed by atoms with van der Waals surface area (Å²) in [6, 6.07) is 5.09. The molecule has 0 atom stereocenters. The predicted molar refractivity (Wildman–Crippen MR) is 103 cm³/mol. The summed E-state index contributed by atoms with van der Waals surface area (Å²) < 4.78 is 19.2. The third-order valence-electron chi connectivity index (χ3n) is 4.56. The van der Waals surface area contributed by atoms with Gasteiger partial charge in [-0.25, -0.2) is 4.39 Å². The maximum absolute atomic E-state index is 14.2. The molecule has 0 saturated carbocycles. The second-order valence-corrected chi connectivity index (χ2v) is 7.30. The van der Waals surface area contributed by atoms with Crippen molar-refractivity contribution in [2.75, 3.05) is 46.4 Å². The molecule has 1 saturated heterocycles. The topological polar surface area (TPSA) is 39.8 Å². The quantitative estimate of drug-likeness (QED) is 0.815. The summed E-state index contributed by atoms with van der Waals surface area (Å²) in [6.07, 6.45) is 4.30. The number of nitrogens with zero attached hydrogens (tertiary/aromatic N) is 2. The molecule has 2 aliphatic rings. The Kier molecular flexibility index (Phi) is 6.16. The van der Waals surface area contributed by atoms with E-state index in [0.29, 0.717) is 5.92 Å². The molecule has 0 unspecified atom stereocenters. The zero-order valence-electron chi connectivity index (χ0n) is 15.9. The number of ether oxygens (including phenoxy) is 1. The van der Waals surface area contributed by atoms with Gasteiger partial charge < -0.3 is 10.1 Å². The molecule has 2 heterocycles. The first-order valence-corrected chi connectivity index (χ1v) is 9.28. The fourth-order valence-electron chi connectivity index (χ4n) is 3.33. The van der Waals surface area contributed by atoms with Crippen LogP contribution in [0, 0.1) is 11.7 Å². The van der Waals surface area contributed by atoms with Gasteiger partial charge in [0.05, 0.1) is 12.8 Å². The molecule has 2 N–H and O–H groups in total. The van der Waals surface area contributed by atoms with Crippen LogP contribution in [0.25, 0.3) is 5.70 Å². The van der Waals surface area contributed by atoms with E-state index >= 15 is 0 Å². The average molecular weight is 360 g/mol. The molecule has 0 aliphatic carbocycles. The Balaban J connectivity index is 1.82. The van der Waals surface area contributed by atoms with Gasteiger partial charge in [-0.3, -0.25) is 15.3 Å². The number of nitrogens with one attached hydrogen (secondary N) is 2. The van der Waals surface area contributed by atoms with Crippen molar-refractivity contribution in [1.82, 2.24) is 20.7 Å². The fourth-order valence-corrected chi connectivity index (χ4v) is 3.33.